The summed E-state index contributed by atoms with van der Waals surface area (Å²) in [4.78, 5) is 17.2. The van der Waals surface area contributed by atoms with E-state index in [1.165, 1.54) is 27.5 Å². The van der Waals surface area contributed by atoms with E-state index in [2.05, 4.69) is 162 Å². The molecule has 270 valence electrons. The molecule has 0 saturated heterocycles. The van der Waals surface area contributed by atoms with Gasteiger partial charge in [0.2, 0.25) is 0 Å². The Balaban J connectivity index is 1.13. The SMILES string of the molecule is Cc1ccc(N(c2ccccc2)c2ccc3c(c2)c2cc(-c4ccccc4)ccc2n3-c2ccc(-c3nc(-c4ccccc4)nc(-c4ccccc4)n3)cc2)cc1. The topological polar surface area (TPSA) is 46.8 Å². The first-order chi connectivity index (χ1) is 28.2. The Morgan fingerprint density at radius 1 is 0.351 bits per heavy atom. The predicted molar refractivity (Wildman–Crippen MR) is 235 cm³/mol. The van der Waals surface area contributed by atoms with Gasteiger partial charge in [0.05, 0.1) is 11.0 Å². The lowest BCUT2D eigenvalue weighted by molar-refractivity contribution is 1.07. The van der Waals surface area contributed by atoms with Crippen molar-refractivity contribution in [3.63, 3.8) is 0 Å². The van der Waals surface area contributed by atoms with E-state index in [9.17, 15) is 0 Å². The standard InChI is InChI=1S/C52H37N5/c1-36-22-27-43(28-23-36)56(42-20-12-5-13-21-42)45-31-33-49-47(35-45)46-34-41(37-14-6-2-7-15-37)26-32-48(46)57(49)44-29-24-40(25-30-44)52-54-50(38-16-8-3-9-17-38)53-51(55-52)39-18-10-4-11-19-39/h2-35H,1H3. The predicted octanol–water partition coefficient (Wildman–Crippen LogP) is 13.4. The normalized spacial score (nSPS) is 11.2. The van der Waals surface area contributed by atoms with E-state index in [1.807, 2.05) is 60.7 Å². The summed E-state index contributed by atoms with van der Waals surface area (Å²) < 4.78 is 2.37. The van der Waals surface area contributed by atoms with Gasteiger partial charge in [-0.1, -0.05) is 133 Å². The van der Waals surface area contributed by atoms with E-state index in [1.54, 1.807) is 0 Å². The Labute approximate surface area is 331 Å². The molecule has 10 rings (SSSR count). The van der Waals surface area contributed by atoms with Crippen molar-refractivity contribution < 1.29 is 0 Å². The number of anilines is 3. The van der Waals surface area contributed by atoms with Crippen molar-refractivity contribution in [3.8, 4) is 51.0 Å². The maximum Gasteiger partial charge on any atom is 0.164 e. The zero-order valence-corrected chi connectivity index (χ0v) is 31.4. The minimum Gasteiger partial charge on any atom is -0.310 e. The molecule has 0 aliphatic heterocycles. The Hall–Kier alpha value is -7.63. The molecule has 2 aromatic heterocycles. The number of hydrogen-bond donors (Lipinski definition) is 0. The van der Waals surface area contributed by atoms with Crippen LogP contribution in [0.3, 0.4) is 0 Å². The van der Waals surface area contributed by atoms with Crippen LogP contribution in [0.15, 0.2) is 206 Å². The van der Waals surface area contributed by atoms with Crippen LogP contribution in [0.1, 0.15) is 5.56 Å². The van der Waals surface area contributed by atoms with Gasteiger partial charge in [-0.25, -0.2) is 15.0 Å². The molecule has 5 nitrogen and oxygen atoms in total. The molecule has 57 heavy (non-hydrogen) atoms. The highest BCUT2D eigenvalue weighted by atomic mass is 15.1. The molecule has 0 spiro atoms. The summed E-state index contributed by atoms with van der Waals surface area (Å²) in [5, 5.41) is 2.36. The second-order valence-electron chi connectivity index (χ2n) is 14.2. The maximum atomic E-state index is 4.98. The lowest BCUT2D eigenvalue weighted by Crippen LogP contribution is -2.09. The van der Waals surface area contributed by atoms with E-state index in [-0.39, 0.29) is 0 Å². The zero-order chi connectivity index (χ0) is 38.1. The van der Waals surface area contributed by atoms with Crippen LogP contribution >= 0.6 is 0 Å². The Morgan fingerprint density at radius 2 is 0.772 bits per heavy atom. The number of nitrogens with zero attached hydrogens (tertiary/aromatic N) is 5. The van der Waals surface area contributed by atoms with Gasteiger partial charge in [0, 0.05) is 50.2 Å². The Kier molecular flexibility index (Phi) is 8.65. The summed E-state index contributed by atoms with van der Waals surface area (Å²) in [7, 11) is 0. The van der Waals surface area contributed by atoms with Crippen LogP contribution < -0.4 is 4.90 Å². The van der Waals surface area contributed by atoms with Crippen molar-refractivity contribution in [1.29, 1.82) is 0 Å². The average molecular weight is 732 g/mol. The molecule has 0 amide bonds. The van der Waals surface area contributed by atoms with E-state index in [0.717, 1.165) is 50.5 Å². The van der Waals surface area contributed by atoms with Crippen LogP contribution in [0.4, 0.5) is 17.1 Å². The minimum absolute atomic E-state index is 0.630. The number of hydrogen-bond acceptors (Lipinski definition) is 4. The third-order valence-corrected chi connectivity index (χ3v) is 10.5. The minimum atomic E-state index is 0.630. The number of fused-ring (bicyclic) bond motifs is 3. The second-order valence-corrected chi connectivity index (χ2v) is 14.2. The van der Waals surface area contributed by atoms with Crippen LogP contribution in [0.2, 0.25) is 0 Å². The molecule has 0 aliphatic rings. The van der Waals surface area contributed by atoms with Crippen molar-refractivity contribution >= 4 is 38.9 Å². The molecule has 10 aromatic rings. The first-order valence-corrected chi connectivity index (χ1v) is 19.2. The zero-order valence-electron chi connectivity index (χ0n) is 31.4. The van der Waals surface area contributed by atoms with Gasteiger partial charge in [0.15, 0.2) is 17.5 Å². The van der Waals surface area contributed by atoms with Crippen LogP contribution in [0.25, 0.3) is 72.8 Å². The maximum absolute atomic E-state index is 4.98. The molecule has 0 unspecified atom stereocenters. The van der Waals surface area contributed by atoms with Gasteiger partial charge in [-0.15, -0.1) is 0 Å². The van der Waals surface area contributed by atoms with Gasteiger partial charge in [-0.05, 0) is 96.9 Å². The number of aromatic nitrogens is 4. The lowest BCUT2D eigenvalue weighted by atomic mass is 10.0. The summed E-state index contributed by atoms with van der Waals surface area (Å²) in [6, 6.07) is 72.4. The van der Waals surface area contributed by atoms with Gasteiger partial charge < -0.3 is 9.47 Å². The summed E-state index contributed by atoms with van der Waals surface area (Å²) in [6.45, 7) is 2.13. The molecule has 0 bridgehead atoms. The molecular weight excluding hydrogens is 695 g/mol. The smallest absolute Gasteiger partial charge is 0.164 e. The van der Waals surface area contributed by atoms with Crippen LogP contribution in [0, 0.1) is 6.92 Å². The Morgan fingerprint density at radius 3 is 1.33 bits per heavy atom. The molecule has 0 N–H and O–H groups in total. The summed E-state index contributed by atoms with van der Waals surface area (Å²) in [6.07, 6.45) is 0. The van der Waals surface area contributed by atoms with Gasteiger partial charge in [0.25, 0.3) is 0 Å². The van der Waals surface area contributed by atoms with Gasteiger partial charge in [-0.2, -0.15) is 0 Å². The van der Waals surface area contributed by atoms with Crippen LogP contribution in [0.5, 0.6) is 0 Å². The van der Waals surface area contributed by atoms with Crippen LogP contribution in [-0.2, 0) is 0 Å². The van der Waals surface area contributed by atoms with Gasteiger partial charge in [0.1, 0.15) is 0 Å². The Bertz CT molecular complexity index is 2920. The van der Waals surface area contributed by atoms with E-state index >= 15 is 0 Å². The summed E-state index contributed by atoms with van der Waals surface area (Å²) in [5.74, 6) is 1.92. The van der Waals surface area contributed by atoms with Crippen molar-refractivity contribution in [2.75, 3.05) is 4.90 Å². The number of para-hydroxylation sites is 1. The molecule has 0 saturated carbocycles. The molecule has 0 radical (unpaired) electrons. The highest BCUT2D eigenvalue weighted by molar-refractivity contribution is 6.12. The second kappa shape index (κ2) is 14.5. The fraction of sp³-hybridized carbons (Fsp3) is 0.0192. The van der Waals surface area contributed by atoms with Crippen molar-refractivity contribution in [3.05, 3.63) is 212 Å². The van der Waals surface area contributed by atoms with E-state index in [0.29, 0.717) is 17.5 Å². The highest BCUT2D eigenvalue weighted by Gasteiger charge is 2.19. The monoisotopic (exact) mass is 731 g/mol. The molecule has 8 aromatic carbocycles. The molecular formula is C52H37N5. The van der Waals surface area contributed by atoms with Crippen LogP contribution in [-0.4, -0.2) is 19.5 Å². The third kappa shape index (κ3) is 6.51. The fourth-order valence-corrected chi connectivity index (χ4v) is 7.65. The molecule has 0 aliphatic carbocycles. The van der Waals surface area contributed by atoms with E-state index in [4.69, 9.17) is 15.0 Å². The first kappa shape index (κ1) is 33.9. The molecule has 5 heteroatoms. The molecule has 0 fully saturated rings. The quantitative estimate of drug-likeness (QED) is 0.156. The van der Waals surface area contributed by atoms with Crippen molar-refractivity contribution in [1.82, 2.24) is 19.5 Å². The number of benzene rings is 8. The number of rotatable bonds is 8. The van der Waals surface area contributed by atoms with E-state index < -0.39 is 0 Å². The average Bonchev–Trinajstić information content (AvgIpc) is 3.61. The lowest BCUT2D eigenvalue weighted by Gasteiger charge is -2.25. The summed E-state index contributed by atoms with van der Waals surface area (Å²) >= 11 is 0. The van der Waals surface area contributed by atoms with Gasteiger partial charge >= 0.3 is 0 Å². The number of aryl methyl sites for hydroxylation is 1. The van der Waals surface area contributed by atoms with Crippen molar-refractivity contribution in [2.45, 2.75) is 6.92 Å². The van der Waals surface area contributed by atoms with Crippen molar-refractivity contribution in [2.24, 2.45) is 0 Å². The highest BCUT2D eigenvalue weighted by Crippen LogP contribution is 2.41. The van der Waals surface area contributed by atoms with Gasteiger partial charge in [-0.3, -0.25) is 0 Å². The first-order valence-electron chi connectivity index (χ1n) is 19.2. The third-order valence-electron chi connectivity index (χ3n) is 10.5. The molecule has 0 atom stereocenters. The largest absolute Gasteiger partial charge is 0.310 e. The molecule has 2 heterocycles. The summed E-state index contributed by atoms with van der Waals surface area (Å²) in [5.41, 5.74) is 13.0. The fourth-order valence-electron chi connectivity index (χ4n) is 7.65.